The van der Waals surface area contributed by atoms with Crippen molar-refractivity contribution in [2.24, 2.45) is 0 Å². The summed E-state index contributed by atoms with van der Waals surface area (Å²) in [5, 5.41) is 8.09. The number of hydrogen-bond donors (Lipinski definition) is 0. The van der Waals surface area contributed by atoms with Crippen LogP contribution in [0.25, 0.3) is 0 Å². The zero-order chi connectivity index (χ0) is 6.69. The van der Waals surface area contributed by atoms with Gasteiger partial charge in [-0.2, -0.15) is 0 Å². The average Bonchev–Trinajstić information content (AvgIpc) is 2.15. The van der Waals surface area contributed by atoms with Crippen LogP contribution in [0, 0.1) is 0 Å². The number of ketones is 1. The Labute approximate surface area is 56.7 Å². The summed E-state index contributed by atoms with van der Waals surface area (Å²) in [6.45, 7) is 1.54. The van der Waals surface area contributed by atoms with Crippen LogP contribution in [-0.2, 0) is 11.2 Å². The Morgan fingerprint density at radius 1 is 1.89 bits per heavy atom. The van der Waals surface area contributed by atoms with Gasteiger partial charge < -0.3 is 0 Å². The van der Waals surface area contributed by atoms with E-state index >= 15 is 0 Å². The summed E-state index contributed by atoms with van der Waals surface area (Å²) in [5.41, 5.74) is 1.62. The number of hydrogen-bond acceptors (Lipinski definition) is 4. The van der Waals surface area contributed by atoms with Crippen LogP contribution in [0.2, 0.25) is 0 Å². The van der Waals surface area contributed by atoms with Crippen LogP contribution in [0.4, 0.5) is 0 Å². The van der Waals surface area contributed by atoms with E-state index in [-0.39, 0.29) is 5.78 Å². The van der Waals surface area contributed by atoms with Crippen LogP contribution in [-0.4, -0.2) is 16.0 Å². The molecule has 0 spiro atoms. The minimum Gasteiger partial charge on any atom is -0.300 e. The maximum absolute atomic E-state index is 10.4. The van der Waals surface area contributed by atoms with E-state index in [2.05, 4.69) is 10.2 Å². The molecule has 0 aliphatic rings. The molecule has 0 unspecified atom stereocenters. The molecular weight excluding hydrogens is 136 g/mol. The Balaban J connectivity index is 2.58. The summed E-state index contributed by atoms with van der Waals surface area (Å²) in [5.74, 6) is 0.131. The van der Waals surface area contributed by atoms with E-state index in [9.17, 15) is 4.79 Å². The van der Waals surface area contributed by atoms with Crippen molar-refractivity contribution in [2.75, 3.05) is 0 Å². The fourth-order valence-electron chi connectivity index (χ4n) is 0.486. The number of rotatable bonds is 2. The van der Waals surface area contributed by atoms with Gasteiger partial charge in [-0.25, -0.2) is 0 Å². The molecule has 1 aromatic heterocycles. The zero-order valence-electron chi connectivity index (χ0n) is 5.00. The van der Waals surface area contributed by atoms with E-state index in [0.717, 1.165) is 5.01 Å². The van der Waals surface area contributed by atoms with Crippen molar-refractivity contribution in [3.63, 3.8) is 0 Å². The Morgan fingerprint density at radius 3 is 3.11 bits per heavy atom. The summed E-state index contributed by atoms with van der Waals surface area (Å²) in [7, 11) is 0. The molecule has 0 bridgehead atoms. The highest BCUT2D eigenvalue weighted by Gasteiger charge is 1.98. The monoisotopic (exact) mass is 142 g/mol. The third-order valence-electron chi connectivity index (χ3n) is 0.805. The van der Waals surface area contributed by atoms with Gasteiger partial charge >= 0.3 is 0 Å². The molecule has 3 nitrogen and oxygen atoms in total. The standard InChI is InChI=1S/C5H6N2OS/c1-4(8)2-5-7-6-3-9-5/h3H,2H2,1H3. The number of carbonyl (C=O) groups is 1. The molecule has 9 heavy (non-hydrogen) atoms. The SMILES string of the molecule is CC(=O)Cc1nncs1. The molecule has 0 saturated carbocycles. The molecule has 48 valence electrons. The van der Waals surface area contributed by atoms with E-state index < -0.39 is 0 Å². The van der Waals surface area contributed by atoms with Crippen LogP contribution >= 0.6 is 11.3 Å². The molecule has 0 aliphatic carbocycles. The molecule has 0 saturated heterocycles. The van der Waals surface area contributed by atoms with Crippen LogP contribution < -0.4 is 0 Å². The van der Waals surface area contributed by atoms with Gasteiger partial charge in [-0.15, -0.1) is 21.5 Å². The number of carbonyl (C=O) groups excluding carboxylic acids is 1. The number of Topliss-reactive ketones (excluding diaryl/α,β-unsaturated/α-hetero) is 1. The fourth-order valence-corrected chi connectivity index (χ4v) is 1.08. The van der Waals surface area contributed by atoms with E-state index in [1.807, 2.05) is 0 Å². The third-order valence-corrected chi connectivity index (χ3v) is 1.50. The summed E-state index contributed by atoms with van der Waals surface area (Å²) in [6.07, 6.45) is 0.421. The maximum atomic E-state index is 10.4. The van der Waals surface area contributed by atoms with Gasteiger partial charge in [0.25, 0.3) is 0 Å². The lowest BCUT2D eigenvalue weighted by molar-refractivity contribution is -0.116. The molecule has 0 radical (unpaired) electrons. The topological polar surface area (TPSA) is 42.9 Å². The molecule has 0 amide bonds. The van der Waals surface area contributed by atoms with Gasteiger partial charge in [-0.3, -0.25) is 4.79 Å². The lowest BCUT2D eigenvalue weighted by atomic mass is 10.3. The molecule has 1 heterocycles. The average molecular weight is 142 g/mol. The molecule has 0 aromatic carbocycles. The Hall–Kier alpha value is -0.770. The van der Waals surface area contributed by atoms with Gasteiger partial charge in [0, 0.05) is 0 Å². The quantitative estimate of drug-likeness (QED) is 0.609. The van der Waals surface area contributed by atoms with Gasteiger partial charge in [-0.05, 0) is 6.92 Å². The summed E-state index contributed by atoms with van der Waals surface area (Å²) < 4.78 is 0. The maximum Gasteiger partial charge on any atom is 0.136 e. The van der Waals surface area contributed by atoms with Crippen molar-refractivity contribution < 1.29 is 4.79 Å². The van der Waals surface area contributed by atoms with Gasteiger partial charge in [0.15, 0.2) is 0 Å². The Morgan fingerprint density at radius 2 is 2.67 bits per heavy atom. The second-order valence-electron chi connectivity index (χ2n) is 1.71. The predicted molar refractivity (Wildman–Crippen MR) is 34.3 cm³/mol. The van der Waals surface area contributed by atoms with Crippen molar-refractivity contribution in [3.8, 4) is 0 Å². The van der Waals surface area contributed by atoms with Gasteiger partial charge in [-0.1, -0.05) is 0 Å². The zero-order valence-corrected chi connectivity index (χ0v) is 5.81. The molecule has 1 aromatic rings. The number of nitrogens with zero attached hydrogens (tertiary/aromatic N) is 2. The lowest BCUT2D eigenvalue weighted by Crippen LogP contribution is -1.94. The first-order chi connectivity index (χ1) is 4.29. The van der Waals surface area contributed by atoms with Crippen molar-refractivity contribution in [1.82, 2.24) is 10.2 Å². The first kappa shape index (κ1) is 6.35. The molecular formula is C5H6N2OS. The van der Waals surface area contributed by atoms with Gasteiger partial charge in [0.2, 0.25) is 0 Å². The van der Waals surface area contributed by atoms with Crippen LogP contribution in [0.15, 0.2) is 5.51 Å². The van der Waals surface area contributed by atoms with Crippen molar-refractivity contribution in [2.45, 2.75) is 13.3 Å². The largest absolute Gasteiger partial charge is 0.300 e. The summed E-state index contributed by atoms with van der Waals surface area (Å²) in [6, 6.07) is 0. The molecule has 0 fully saturated rings. The van der Waals surface area contributed by atoms with E-state index in [1.54, 1.807) is 12.4 Å². The smallest absolute Gasteiger partial charge is 0.136 e. The van der Waals surface area contributed by atoms with Crippen molar-refractivity contribution >= 4 is 17.1 Å². The summed E-state index contributed by atoms with van der Waals surface area (Å²) >= 11 is 1.41. The molecule has 0 aliphatic heterocycles. The van der Waals surface area contributed by atoms with E-state index in [0.29, 0.717) is 6.42 Å². The molecule has 4 heteroatoms. The highest BCUT2D eigenvalue weighted by molar-refractivity contribution is 7.09. The molecule has 0 N–H and O–H groups in total. The van der Waals surface area contributed by atoms with E-state index in [4.69, 9.17) is 0 Å². The van der Waals surface area contributed by atoms with Crippen LogP contribution in [0.3, 0.4) is 0 Å². The number of aromatic nitrogens is 2. The van der Waals surface area contributed by atoms with Gasteiger partial charge in [0.1, 0.15) is 16.3 Å². The van der Waals surface area contributed by atoms with Crippen molar-refractivity contribution in [1.29, 1.82) is 0 Å². The Kier molecular flexibility index (Phi) is 1.89. The highest BCUT2D eigenvalue weighted by Crippen LogP contribution is 2.01. The fraction of sp³-hybridized carbons (Fsp3) is 0.400. The van der Waals surface area contributed by atoms with Crippen LogP contribution in [0.5, 0.6) is 0 Å². The summed E-state index contributed by atoms with van der Waals surface area (Å²) in [4.78, 5) is 10.4. The minimum absolute atomic E-state index is 0.131. The van der Waals surface area contributed by atoms with Crippen molar-refractivity contribution in [3.05, 3.63) is 10.5 Å². The normalized spacial score (nSPS) is 9.44. The van der Waals surface area contributed by atoms with E-state index in [1.165, 1.54) is 11.3 Å². The van der Waals surface area contributed by atoms with Gasteiger partial charge in [0.05, 0.1) is 6.42 Å². The second-order valence-corrected chi connectivity index (χ2v) is 2.63. The molecule has 1 rings (SSSR count). The lowest BCUT2D eigenvalue weighted by Gasteiger charge is -1.83. The Bertz CT molecular complexity index is 195. The highest BCUT2D eigenvalue weighted by atomic mass is 32.1. The molecule has 0 atom stereocenters. The predicted octanol–water partition coefficient (Wildman–Crippen LogP) is 0.670. The third kappa shape index (κ3) is 1.89. The van der Waals surface area contributed by atoms with Crippen LogP contribution in [0.1, 0.15) is 11.9 Å². The first-order valence-corrected chi connectivity index (χ1v) is 3.41. The minimum atomic E-state index is 0.131. The first-order valence-electron chi connectivity index (χ1n) is 2.53. The second kappa shape index (κ2) is 2.68.